The van der Waals surface area contributed by atoms with Crippen LogP contribution in [0.5, 0.6) is 0 Å². The Bertz CT molecular complexity index is 800. The van der Waals surface area contributed by atoms with Gasteiger partial charge in [-0.15, -0.1) is 0 Å². The Morgan fingerprint density at radius 2 is 1.88 bits per heavy atom. The molecule has 1 aromatic carbocycles. The number of aliphatic hydroxyl groups excluding tert-OH is 1. The topological polar surface area (TPSA) is 86.3 Å². The highest BCUT2D eigenvalue weighted by Gasteiger charge is 2.42. The van der Waals surface area contributed by atoms with E-state index in [0.29, 0.717) is 44.7 Å². The molecule has 0 spiro atoms. The van der Waals surface area contributed by atoms with E-state index in [1.54, 1.807) is 0 Å². The van der Waals surface area contributed by atoms with Gasteiger partial charge in [0.1, 0.15) is 0 Å². The Balaban J connectivity index is 1.44. The number of hydrogen-bond acceptors (Lipinski definition) is 6. The summed E-state index contributed by atoms with van der Waals surface area (Å²) in [6, 6.07) is 10.5. The Morgan fingerprint density at radius 3 is 2.56 bits per heavy atom. The Kier molecular flexibility index (Phi) is 9.39. The quantitative estimate of drug-likeness (QED) is 0.427. The van der Waals surface area contributed by atoms with Crippen LogP contribution in [0.15, 0.2) is 42.2 Å². The maximum Gasteiger partial charge on any atom is 0.286 e. The van der Waals surface area contributed by atoms with Gasteiger partial charge in [-0.25, -0.2) is 0 Å². The summed E-state index contributed by atoms with van der Waals surface area (Å²) in [7, 11) is 0. The number of allylic oxidation sites excluding steroid dienone is 1. The van der Waals surface area contributed by atoms with Gasteiger partial charge in [-0.1, -0.05) is 36.8 Å². The first kappa shape index (κ1) is 25.2. The van der Waals surface area contributed by atoms with Gasteiger partial charge < -0.3 is 29.4 Å². The number of carbonyl (C=O) groups is 1. The van der Waals surface area contributed by atoms with Gasteiger partial charge in [-0.05, 0) is 56.1 Å². The predicted octanol–water partition coefficient (Wildman–Crippen LogP) is 3.38. The third-order valence-electron chi connectivity index (χ3n) is 7.38. The molecule has 188 valence electrons. The molecule has 2 aliphatic carbocycles. The largest absolute Gasteiger partial charge is 0.459 e. The SMILES string of the molecule is CCO[C@H]1OC(C(=O)NC2CC3CCC2C3)=C[C@@H](c2ccccc2)[C@@H]1CCOCCOCCO. The van der Waals surface area contributed by atoms with Crippen LogP contribution in [0.25, 0.3) is 0 Å². The van der Waals surface area contributed by atoms with Gasteiger partial charge in [0.15, 0.2) is 5.76 Å². The predicted molar refractivity (Wildman–Crippen MR) is 128 cm³/mol. The average Bonchev–Trinajstić information content (AvgIpc) is 3.48. The van der Waals surface area contributed by atoms with E-state index in [0.717, 1.165) is 24.3 Å². The highest BCUT2D eigenvalue weighted by Crippen LogP contribution is 2.45. The molecule has 1 amide bonds. The molecule has 2 N–H and O–H groups in total. The summed E-state index contributed by atoms with van der Waals surface area (Å²) >= 11 is 0. The van der Waals surface area contributed by atoms with Gasteiger partial charge in [0.25, 0.3) is 5.91 Å². The van der Waals surface area contributed by atoms with Crippen molar-refractivity contribution in [2.45, 2.75) is 57.3 Å². The third-order valence-corrected chi connectivity index (χ3v) is 7.38. The lowest BCUT2D eigenvalue weighted by atomic mass is 9.81. The Morgan fingerprint density at radius 1 is 1.09 bits per heavy atom. The first-order valence-corrected chi connectivity index (χ1v) is 12.8. The van der Waals surface area contributed by atoms with Gasteiger partial charge in [0, 0.05) is 31.1 Å². The van der Waals surface area contributed by atoms with E-state index >= 15 is 0 Å². The minimum Gasteiger partial charge on any atom is -0.459 e. The highest BCUT2D eigenvalue weighted by atomic mass is 16.7. The Labute approximate surface area is 202 Å². The molecule has 34 heavy (non-hydrogen) atoms. The number of amides is 1. The van der Waals surface area contributed by atoms with Crippen LogP contribution < -0.4 is 5.32 Å². The summed E-state index contributed by atoms with van der Waals surface area (Å²) in [5.41, 5.74) is 1.14. The first-order chi connectivity index (χ1) is 16.7. The van der Waals surface area contributed by atoms with Gasteiger partial charge in [0.2, 0.25) is 6.29 Å². The second-order valence-electron chi connectivity index (χ2n) is 9.56. The average molecular weight is 474 g/mol. The molecule has 0 radical (unpaired) electrons. The molecular weight excluding hydrogens is 434 g/mol. The number of nitrogens with one attached hydrogen (secondary N) is 1. The molecule has 0 aromatic heterocycles. The van der Waals surface area contributed by atoms with E-state index in [1.165, 1.54) is 19.3 Å². The lowest BCUT2D eigenvalue weighted by molar-refractivity contribution is -0.168. The summed E-state index contributed by atoms with van der Waals surface area (Å²) in [6.45, 7) is 4.23. The fourth-order valence-corrected chi connectivity index (χ4v) is 5.76. The van der Waals surface area contributed by atoms with Crippen molar-refractivity contribution in [3.63, 3.8) is 0 Å². The zero-order chi connectivity index (χ0) is 23.8. The second-order valence-corrected chi connectivity index (χ2v) is 9.56. The van der Waals surface area contributed by atoms with E-state index in [9.17, 15) is 4.79 Å². The minimum atomic E-state index is -0.518. The van der Waals surface area contributed by atoms with Crippen LogP contribution in [-0.4, -0.2) is 63.0 Å². The maximum absolute atomic E-state index is 13.2. The molecule has 4 rings (SSSR count). The fourth-order valence-electron chi connectivity index (χ4n) is 5.76. The van der Waals surface area contributed by atoms with Crippen LogP contribution >= 0.6 is 0 Å². The molecular formula is C27H39NO6. The summed E-state index contributed by atoms with van der Waals surface area (Å²) < 4.78 is 23.2. The molecule has 2 saturated carbocycles. The van der Waals surface area contributed by atoms with Gasteiger partial charge in [0.05, 0.1) is 26.4 Å². The summed E-state index contributed by atoms with van der Waals surface area (Å²) in [4.78, 5) is 13.2. The number of carbonyl (C=O) groups excluding carboxylic acids is 1. The molecule has 1 heterocycles. The Hall–Kier alpha value is -1.93. The summed E-state index contributed by atoms with van der Waals surface area (Å²) in [5.74, 6) is 1.62. The number of benzene rings is 1. The molecule has 1 aromatic rings. The number of fused-ring (bicyclic) bond motifs is 2. The smallest absolute Gasteiger partial charge is 0.286 e. The van der Waals surface area contributed by atoms with Crippen LogP contribution in [0.2, 0.25) is 0 Å². The molecule has 2 fully saturated rings. The molecule has 7 nitrogen and oxygen atoms in total. The minimum absolute atomic E-state index is 0.0123. The highest BCUT2D eigenvalue weighted by molar-refractivity contribution is 5.92. The molecule has 7 heteroatoms. The number of aliphatic hydroxyl groups is 1. The zero-order valence-corrected chi connectivity index (χ0v) is 20.2. The number of rotatable bonds is 13. The van der Waals surface area contributed by atoms with Crippen LogP contribution in [0.4, 0.5) is 0 Å². The van der Waals surface area contributed by atoms with Crippen LogP contribution in [0.1, 0.15) is 50.5 Å². The van der Waals surface area contributed by atoms with Crippen molar-refractivity contribution in [3.8, 4) is 0 Å². The number of hydrogen-bond donors (Lipinski definition) is 2. The number of ether oxygens (including phenoxy) is 4. The van der Waals surface area contributed by atoms with Gasteiger partial charge in [-0.2, -0.15) is 0 Å². The van der Waals surface area contributed by atoms with Gasteiger partial charge >= 0.3 is 0 Å². The molecule has 6 atom stereocenters. The standard InChI is InChI=1S/C27H39NO6/c1-2-33-27-22(10-12-31-14-15-32-13-11-29)23(20-6-4-3-5-7-20)18-25(34-27)26(30)28-24-17-19-8-9-21(24)16-19/h3-7,18-19,21-24,27,29H,2,8-17H2,1H3,(H,28,30)/t19?,21?,22-,23-,24?,27-/m0/s1. The van der Waals surface area contributed by atoms with Crippen LogP contribution in [-0.2, 0) is 23.7 Å². The van der Waals surface area contributed by atoms with E-state index in [2.05, 4.69) is 17.4 Å². The van der Waals surface area contributed by atoms with Crippen molar-refractivity contribution < 1.29 is 28.8 Å². The van der Waals surface area contributed by atoms with Crippen LogP contribution in [0, 0.1) is 17.8 Å². The molecule has 3 aliphatic rings. The molecule has 3 unspecified atom stereocenters. The van der Waals surface area contributed by atoms with Crippen molar-refractivity contribution in [2.75, 3.05) is 39.6 Å². The van der Waals surface area contributed by atoms with Crippen molar-refractivity contribution in [3.05, 3.63) is 47.7 Å². The van der Waals surface area contributed by atoms with Gasteiger partial charge in [-0.3, -0.25) is 4.79 Å². The van der Waals surface area contributed by atoms with E-state index < -0.39 is 6.29 Å². The lowest BCUT2D eigenvalue weighted by Crippen LogP contribution is -2.43. The molecule has 2 bridgehead atoms. The molecule has 1 aliphatic heterocycles. The summed E-state index contributed by atoms with van der Waals surface area (Å²) in [5, 5.41) is 12.1. The van der Waals surface area contributed by atoms with E-state index in [1.807, 2.05) is 31.2 Å². The monoisotopic (exact) mass is 473 g/mol. The first-order valence-electron chi connectivity index (χ1n) is 12.8. The lowest BCUT2D eigenvalue weighted by Gasteiger charge is -2.37. The maximum atomic E-state index is 13.2. The summed E-state index contributed by atoms with van der Waals surface area (Å²) in [6.07, 6.45) is 7.03. The third kappa shape index (κ3) is 6.39. The fraction of sp³-hybridized carbons (Fsp3) is 0.667. The zero-order valence-electron chi connectivity index (χ0n) is 20.2. The van der Waals surface area contributed by atoms with E-state index in [-0.39, 0.29) is 30.4 Å². The van der Waals surface area contributed by atoms with Crippen molar-refractivity contribution >= 4 is 5.91 Å². The van der Waals surface area contributed by atoms with Crippen LogP contribution in [0.3, 0.4) is 0 Å². The van der Waals surface area contributed by atoms with Crippen molar-refractivity contribution in [1.29, 1.82) is 0 Å². The van der Waals surface area contributed by atoms with Crippen molar-refractivity contribution in [1.82, 2.24) is 5.32 Å². The normalized spacial score (nSPS) is 30.1. The second kappa shape index (κ2) is 12.7. The molecule has 0 saturated heterocycles. The van der Waals surface area contributed by atoms with Crippen molar-refractivity contribution in [2.24, 2.45) is 17.8 Å². The van der Waals surface area contributed by atoms with E-state index in [4.69, 9.17) is 24.1 Å².